The van der Waals surface area contributed by atoms with Gasteiger partial charge in [0, 0.05) is 6.20 Å². The van der Waals surface area contributed by atoms with E-state index in [0.29, 0.717) is 5.76 Å². The molecular formula is C11H12ClN3O3S. The second-order valence-electron chi connectivity index (χ2n) is 3.90. The van der Waals surface area contributed by atoms with Crippen LogP contribution in [0.15, 0.2) is 40.0 Å². The quantitative estimate of drug-likeness (QED) is 0.899. The third kappa shape index (κ3) is 3.06. The zero-order valence-electron chi connectivity index (χ0n) is 10.00. The maximum absolute atomic E-state index is 12.1. The normalized spacial score (nSPS) is 13.4. The van der Waals surface area contributed by atoms with Crippen molar-refractivity contribution in [2.45, 2.75) is 17.9 Å². The molecule has 1 atom stereocenters. The highest BCUT2D eigenvalue weighted by molar-refractivity contribution is 7.89. The summed E-state index contributed by atoms with van der Waals surface area (Å²) in [7, 11) is -3.74. The SMILES string of the molecule is CC(NS(=O)(=O)c1cnc(N)c(Cl)c1)c1ccco1. The number of hydrogen-bond donors (Lipinski definition) is 2. The highest BCUT2D eigenvalue weighted by Gasteiger charge is 2.21. The van der Waals surface area contributed by atoms with Gasteiger partial charge in [0.05, 0.1) is 17.3 Å². The van der Waals surface area contributed by atoms with Crippen LogP contribution in [0.3, 0.4) is 0 Å². The first kappa shape index (κ1) is 13.9. The van der Waals surface area contributed by atoms with Crippen molar-refractivity contribution in [3.05, 3.63) is 41.4 Å². The van der Waals surface area contributed by atoms with Crippen molar-refractivity contribution in [3.63, 3.8) is 0 Å². The summed E-state index contributed by atoms with van der Waals surface area (Å²) in [5, 5.41) is 0.0912. The Morgan fingerprint density at radius 1 is 1.53 bits per heavy atom. The zero-order valence-corrected chi connectivity index (χ0v) is 11.6. The molecule has 0 aliphatic heterocycles. The van der Waals surface area contributed by atoms with Crippen LogP contribution in [0, 0.1) is 0 Å². The summed E-state index contributed by atoms with van der Waals surface area (Å²) in [6, 6.07) is 4.11. The molecule has 0 bridgehead atoms. The lowest BCUT2D eigenvalue weighted by Gasteiger charge is -2.12. The van der Waals surface area contributed by atoms with Crippen LogP contribution in [0.5, 0.6) is 0 Å². The Balaban J connectivity index is 2.25. The minimum atomic E-state index is -3.74. The van der Waals surface area contributed by atoms with Crippen molar-refractivity contribution in [2.75, 3.05) is 5.73 Å². The number of sulfonamides is 1. The van der Waals surface area contributed by atoms with Crippen LogP contribution in [0.25, 0.3) is 0 Å². The molecule has 0 aliphatic carbocycles. The van der Waals surface area contributed by atoms with Gasteiger partial charge >= 0.3 is 0 Å². The van der Waals surface area contributed by atoms with Crippen molar-refractivity contribution < 1.29 is 12.8 Å². The van der Waals surface area contributed by atoms with E-state index in [1.807, 2.05) is 0 Å². The minimum Gasteiger partial charge on any atom is -0.468 e. The maximum atomic E-state index is 12.1. The fraction of sp³-hybridized carbons (Fsp3) is 0.182. The van der Waals surface area contributed by atoms with E-state index in [0.717, 1.165) is 6.20 Å². The van der Waals surface area contributed by atoms with Crippen molar-refractivity contribution >= 4 is 27.4 Å². The number of hydrogen-bond acceptors (Lipinski definition) is 5. The molecule has 2 aromatic rings. The van der Waals surface area contributed by atoms with Gasteiger partial charge in [-0.05, 0) is 25.1 Å². The third-order valence-electron chi connectivity index (χ3n) is 2.46. The number of halogens is 1. The summed E-state index contributed by atoms with van der Waals surface area (Å²) >= 11 is 5.76. The predicted molar refractivity (Wildman–Crippen MR) is 71.1 cm³/mol. The van der Waals surface area contributed by atoms with Gasteiger partial charge in [0.15, 0.2) is 0 Å². The lowest BCUT2D eigenvalue weighted by Crippen LogP contribution is -2.26. The molecule has 2 aromatic heterocycles. The summed E-state index contributed by atoms with van der Waals surface area (Å²) in [5.41, 5.74) is 5.44. The Kier molecular flexibility index (Phi) is 3.79. The molecule has 1 unspecified atom stereocenters. The second kappa shape index (κ2) is 5.20. The van der Waals surface area contributed by atoms with Crippen molar-refractivity contribution in [3.8, 4) is 0 Å². The summed E-state index contributed by atoms with van der Waals surface area (Å²) in [6.07, 6.45) is 2.63. The predicted octanol–water partition coefficient (Wildman–Crippen LogP) is 1.95. The molecule has 0 spiro atoms. The van der Waals surface area contributed by atoms with Gasteiger partial charge in [0.1, 0.15) is 16.5 Å². The van der Waals surface area contributed by atoms with E-state index in [1.165, 1.54) is 12.3 Å². The van der Waals surface area contributed by atoms with Gasteiger partial charge in [-0.2, -0.15) is 0 Å². The number of nitrogen functional groups attached to an aromatic ring is 1. The van der Waals surface area contributed by atoms with E-state index in [1.54, 1.807) is 19.1 Å². The van der Waals surface area contributed by atoms with Gasteiger partial charge in [-0.25, -0.2) is 18.1 Å². The third-order valence-corrected chi connectivity index (χ3v) is 4.27. The fourth-order valence-electron chi connectivity index (χ4n) is 1.47. The number of aromatic nitrogens is 1. The number of nitrogens with one attached hydrogen (secondary N) is 1. The first-order valence-electron chi connectivity index (χ1n) is 5.37. The number of nitrogens with zero attached hydrogens (tertiary/aromatic N) is 1. The van der Waals surface area contributed by atoms with E-state index >= 15 is 0 Å². The molecule has 0 radical (unpaired) electrons. The van der Waals surface area contributed by atoms with Gasteiger partial charge in [-0.3, -0.25) is 0 Å². The first-order valence-corrected chi connectivity index (χ1v) is 7.23. The molecule has 0 saturated carbocycles. The summed E-state index contributed by atoms with van der Waals surface area (Å²) < 4.78 is 31.8. The first-order chi connectivity index (χ1) is 8.90. The number of pyridine rings is 1. The van der Waals surface area contributed by atoms with E-state index in [-0.39, 0.29) is 15.7 Å². The summed E-state index contributed by atoms with van der Waals surface area (Å²) in [6.45, 7) is 1.67. The molecule has 0 aromatic carbocycles. The van der Waals surface area contributed by atoms with Gasteiger partial charge < -0.3 is 10.2 Å². The van der Waals surface area contributed by atoms with Crippen LogP contribution < -0.4 is 10.5 Å². The average Bonchev–Trinajstić information content (AvgIpc) is 2.85. The summed E-state index contributed by atoms with van der Waals surface area (Å²) in [5.74, 6) is 0.595. The van der Waals surface area contributed by atoms with Crippen LogP contribution in [0.1, 0.15) is 18.7 Å². The molecule has 3 N–H and O–H groups in total. The van der Waals surface area contributed by atoms with Crippen LogP contribution in [0.4, 0.5) is 5.82 Å². The number of anilines is 1. The van der Waals surface area contributed by atoms with E-state index in [2.05, 4.69) is 9.71 Å². The number of furan rings is 1. The molecule has 19 heavy (non-hydrogen) atoms. The fourth-order valence-corrected chi connectivity index (χ4v) is 2.89. The van der Waals surface area contributed by atoms with Crippen LogP contribution >= 0.6 is 11.6 Å². The molecule has 0 amide bonds. The Bertz CT molecular complexity index is 670. The molecule has 2 heterocycles. The van der Waals surface area contributed by atoms with Crippen molar-refractivity contribution in [1.82, 2.24) is 9.71 Å². The highest BCUT2D eigenvalue weighted by Crippen LogP contribution is 2.21. The Labute approximate surface area is 115 Å². The van der Waals surface area contributed by atoms with Crippen LogP contribution in [0.2, 0.25) is 5.02 Å². The van der Waals surface area contributed by atoms with E-state index in [9.17, 15) is 8.42 Å². The van der Waals surface area contributed by atoms with Crippen molar-refractivity contribution in [1.29, 1.82) is 0 Å². The van der Waals surface area contributed by atoms with Gasteiger partial charge in [0.25, 0.3) is 0 Å². The molecule has 2 rings (SSSR count). The lowest BCUT2D eigenvalue weighted by atomic mass is 10.3. The number of rotatable bonds is 4. The molecule has 102 valence electrons. The van der Waals surface area contributed by atoms with Gasteiger partial charge in [-0.15, -0.1) is 0 Å². The number of nitrogens with two attached hydrogens (primary N) is 1. The Morgan fingerprint density at radius 3 is 2.84 bits per heavy atom. The van der Waals surface area contributed by atoms with Crippen LogP contribution in [-0.2, 0) is 10.0 Å². The van der Waals surface area contributed by atoms with Crippen molar-refractivity contribution in [2.24, 2.45) is 0 Å². The molecule has 0 aliphatic rings. The van der Waals surface area contributed by atoms with Gasteiger partial charge in [-0.1, -0.05) is 11.6 Å². The summed E-state index contributed by atoms with van der Waals surface area (Å²) in [4.78, 5) is 3.67. The Hall–Kier alpha value is -1.57. The average molecular weight is 302 g/mol. The van der Waals surface area contributed by atoms with Crippen LogP contribution in [-0.4, -0.2) is 13.4 Å². The standard InChI is InChI=1S/C11H12ClN3O3S/c1-7(10-3-2-4-18-10)15-19(16,17)8-5-9(12)11(13)14-6-8/h2-7,15H,1H3,(H2,13,14). The van der Waals surface area contributed by atoms with E-state index in [4.69, 9.17) is 21.8 Å². The van der Waals surface area contributed by atoms with E-state index < -0.39 is 16.1 Å². The smallest absolute Gasteiger partial charge is 0.242 e. The molecule has 8 heteroatoms. The minimum absolute atomic E-state index is 0.0508. The second-order valence-corrected chi connectivity index (χ2v) is 6.02. The largest absolute Gasteiger partial charge is 0.468 e. The highest BCUT2D eigenvalue weighted by atomic mass is 35.5. The Morgan fingerprint density at radius 2 is 2.26 bits per heavy atom. The zero-order chi connectivity index (χ0) is 14.0. The molecule has 0 fully saturated rings. The molecular weight excluding hydrogens is 290 g/mol. The monoisotopic (exact) mass is 301 g/mol. The molecule has 6 nitrogen and oxygen atoms in total. The molecule has 0 saturated heterocycles. The topological polar surface area (TPSA) is 98.2 Å². The van der Waals surface area contributed by atoms with Gasteiger partial charge in [0.2, 0.25) is 10.0 Å². The maximum Gasteiger partial charge on any atom is 0.242 e. The lowest BCUT2D eigenvalue weighted by molar-refractivity contribution is 0.459.